The van der Waals surface area contributed by atoms with Crippen LogP contribution in [-0.4, -0.2) is 60.1 Å². The van der Waals surface area contributed by atoms with Crippen molar-refractivity contribution in [3.8, 4) is 18.1 Å². The fourth-order valence-electron chi connectivity index (χ4n) is 3.76. The van der Waals surface area contributed by atoms with E-state index < -0.39 is 0 Å². The van der Waals surface area contributed by atoms with E-state index in [9.17, 15) is 4.79 Å². The molecular weight excluding hydrogens is 426 g/mol. The summed E-state index contributed by atoms with van der Waals surface area (Å²) in [6.45, 7) is 1.26. The van der Waals surface area contributed by atoms with E-state index in [1.54, 1.807) is 32.3 Å². The Hall–Kier alpha value is -3.63. The summed E-state index contributed by atoms with van der Waals surface area (Å²) in [5, 5.41) is 4.76. The molecule has 0 bridgehead atoms. The summed E-state index contributed by atoms with van der Waals surface area (Å²) >= 11 is 6.27. The highest BCUT2D eigenvalue weighted by Crippen LogP contribution is 2.35. The first-order valence-electron chi connectivity index (χ1n) is 10.2. The summed E-state index contributed by atoms with van der Waals surface area (Å²) in [5.74, 6) is 3.10. The zero-order valence-electron chi connectivity index (χ0n) is 18.2. The molecule has 3 aromatic rings. The molecule has 1 aromatic carbocycles. The Labute approximate surface area is 192 Å². The molecule has 0 spiro atoms. The number of rotatable bonds is 4. The fraction of sp³-hybridized carbons (Fsp3) is 0.250. The fourth-order valence-corrected chi connectivity index (χ4v) is 4.00. The molecule has 32 heavy (non-hydrogen) atoms. The van der Waals surface area contributed by atoms with Gasteiger partial charge in [0.1, 0.15) is 11.4 Å². The van der Waals surface area contributed by atoms with Crippen LogP contribution in [0.1, 0.15) is 17.7 Å². The molecule has 2 N–H and O–H groups in total. The van der Waals surface area contributed by atoms with Gasteiger partial charge in [0.2, 0.25) is 0 Å². The van der Waals surface area contributed by atoms with Crippen molar-refractivity contribution in [2.24, 2.45) is 0 Å². The minimum atomic E-state index is 0.0230. The number of hydrogen-bond acceptors (Lipinski definition) is 4. The Bertz CT molecular complexity index is 1260. The van der Waals surface area contributed by atoms with Gasteiger partial charge in [-0.2, -0.15) is 0 Å². The summed E-state index contributed by atoms with van der Waals surface area (Å²) in [5.41, 5.74) is 5.14. The number of benzene rings is 1. The normalized spacial score (nSPS) is 13.5. The summed E-state index contributed by atoms with van der Waals surface area (Å²) in [4.78, 5) is 23.5. The minimum Gasteiger partial charge on any atom is -0.495 e. The highest BCUT2D eigenvalue weighted by atomic mass is 35.5. The van der Waals surface area contributed by atoms with Crippen LogP contribution in [0.2, 0.25) is 5.02 Å². The van der Waals surface area contributed by atoms with Gasteiger partial charge in [0.25, 0.3) is 0 Å². The number of aromatic amines is 1. The van der Waals surface area contributed by atoms with Gasteiger partial charge in [-0.15, -0.1) is 6.42 Å². The molecule has 3 heterocycles. The number of fused-ring (bicyclic) bond motifs is 1. The second-order valence-corrected chi connectivity index (χ2v) is 8.09. The summed E-state index contributed by atoms with van der Waals surface area (Å²) < 4.78 is 5.35. The number of nitrogens with one attached hydrogen (secondary N) is 2. The summed E-state index contributed by atoms with van der Waals surface area (Å²) in [6.07, 6.45) is 10.2. The third-order valence-corrected chi connectivity index (χ3v) is 5.82. The summed E-state index contributed by atoms with van der Waals surface area (Å²) in [6, 6.07) is 7.63. The molecule has 2 aromatic heterocycles. The predicted molar refractivity (Wildman–Crippen MR) is 129 cm³/mol. The van der Waals surface area contributed by atoms with Gasteiger partial charge in [-0.1, -0.05) is 23.6 Å². The number of terminal acetylenes is 1. The standard InChI is InChI=1S/C24H24ClN5O2/c1-5-15-12-17(13-21(32-4)22(15)25)27-19-6-9-26-23-18(19)14-20(28-23)16-7-10-30(11-8-16)24(31)29(2)3/h1,6-7,9,12-14H,8,10-11H2,2-4H3,(H2,26,27,28). The molecule has 0 radical (unpaired) electrons. The molecule has 0 aliphatic carbocycles. The number of amides is 2. The van der Waals surface area contributed by atoms with Gasteiger partial charge in [-0.25, -0.2) is 9.78 Å². The lowest BCUT2D eigenvalue weighted by Gasteiger charge is -2.28. The first-order valence-corrected chi connectivity index (χ1v) is 10.5. The van der Waals surface area contributed by atoms with E-state index in [-0.39, 0.29) is 6.03 Å². The van der Waals surface area contributed by atoms with Crippen molar-refractivity contribution < 1.29 is 9.53 Å². The molecule has 0 saturated carbocycles. The number of anilines is 2. The van der Waals surface area contributed by atoms with Gasteiger partial charge in [-0.3, -0.25) is 0 Å². The number of ether oxygens (including phenoxy) is 1. The molecule has 8 heteroatoms. The van der Waals surface area contributed by atoms with Crippen LogP contribution in [0.25, 0.3) is 16.6 Å². The number of H-pyrrole nitrogens is 1. The van der Waals surface area contributed by atoms with Crippen LogP contribution >= 0.6 is 11.6 Å². The van der Waals surface area contributed by atoms with Gasteiger partial charge < -0.3 is 24.8 Å². The molecule has 2 amide bonds. The molecule has 0 atom stereocenters. The quantitative estimate of drug-likeness (QED) is 0.565. The van der Waals surface area contributed by atoms with E-state index in [1.807, 2.05) is 23.1 Å². The second-order valence-electron chi connectivity index (χ2n) is 7.72. The smallest absolute Gasteiger partial charge is 0.319 e. The zero-order valence-corrected chi connectivity index (χ0v) is 19.0. The average Bonchev–Trinajstić information content (AvgIpc) is 3.25. The van der Waals surface area contributed by atoms with Crippen molar-refractivity contribution >= 4 is 45.6 Å². The number of carbonyl (C=O) groups is 1. The number of halogens is 1. The Morgan fingerprint density at radius 3 is 2.84 bits per heavy atom. The molecule has 1 aliphatic rings. The number of pyridine rings is 1. The van der Waals surface area contributed by atoms with Crippen LogP contribution in [-0.2, 0) is 0 Å². The molecule has 0 unspecified atom stereocenters. The van der Waals surface area contributed by atoms with E-state index in [2.05, 4.69) is 33.3 Å². The maximum Gasteiger partial charge on any atom is 0.319 e. The number of methoxy groups -OCH3 is 1. The Kier molecular flexibility index (Phi) is 5.97. The van der Waals surface area contributed by atoms with Gasteiger partial charge >= 0.3 is 6.03 Å². The van der Waals surface area contributed by atoms with E-state index in [4.69, 9.17) is 22.8 Å². The predicted octanol–water partition coefficient (Wildman–Crippen LogP) is 4.72. The minimum absolute atomic E-state index is 0.0230. The van der Waals surface area contributed by atoms with Crippen molar-refractivity contribution in [2.75, 3.05) is 39.6 Å². The second kappa shape index (κ2) is 8.85. The van der Waals surface area contributed by atoms with Crippen molar-refractivity contribution in [1.82, 2.24) is 19.8 Å². The Balaban J connectivity index is 1.63. The SMILES string of the molecule is C#Cc1cc(Nc2ccnc3[nH]c(C4=CCN(C(=O)N(C)C)CC4)cc23)cc(OC)c1Cl. The topological polar surface area (TPSA) is 73.5 Å². The molecule has 4 rings (SSSR count). The van der Waals surface area contributed by atoms with Gasteiger partial charge in [0, 0.05) is 61.8 Å². The van der Waals surface area contributed by atoms with Crippen molar-refractivity contribution in [1.29, 1.82) is 0 Å². The number of nitrogens with zero attached hydrogens (tertiary/aromatic N) is 3. The number of urea groups is 1. The zero-order chi connectivity index (χ0) is 22.8. The number of carbonyl (C=O) groups excluding carboxylic acids is 1. The van der Waals surface area contributed by atoms with Gasteiger partial charge in [0.15, 0.2) is 0 Å². The molecule has 0 fully saturated rings. The van der Waals surface area contributed by atoms with Crippen molar-refractivity contribution in [3.05, 3.63) is 52.8 Å². The van der Waals surface area contributed by atoms with Crippen LogP contribution in [0, 0.1) is 12.3 Å². The third kappa shape index (κ3) is 4.10. The monoisotopic (exact) mass is 449 g/mol. The maximum atomic E-state index is 12.2. The first-order chi connectivity index (χ1) is 15.4. The van der Waals surface area contributed by atoms with Crippen LogP contribution in [0.15, 0.2) is 36.5 Å². The maximum absolute atomic E-state index is 12.2. The largest absolute Gasteiger partial charge is 0.495 e. The van der Waals surface area contributed by atoms with Crippen LogP contribution in [0.4, 0.5) is 16.2 Å². The molecule has 1 aliphatic heterocycles. The van der Waals surface area contributed by atoms with E-state index in [1.165, 1.54) is 5.57 Å². The lowest BCUT2D eigenvalue weighted by molar-refractivity contribution is 0.176. The third-order valence-electron chi connectivity index (χ3n) is 5.43. The first kappa shape index (κ1) is 21.6. The lowest BCUT2D eigenvalue weighted by atomic mass is 10.0. The van der Waals surface area contributed by atoms with Gasteiger partial charge in [-0.05, 0) is 30.2 Å². The Morgan fingerprint density at radius 1 is 1.38 bits per heavy atom. The highest BCUT2D eigenvalue weighted by molar-refractivity contribution is 6.33. The molecular formula is C24H24ClN5O2. The van der Waals surface area contributed by atoms with E-state index >= 15 is 0 Å². The Morgan fingerprint density at radius 2 is 2.19 bits per heavy atom. The van der Waals surface area contributed by atoms with E-state index in [0.717, 1.165) is 34.5 Å². The van der Waals surface area contributed by atoms with Crippen LogP contribution < -0.4 is 10.1 Å². The van der Waals surface area contributed by atoms with Crippen LogP contribution in [0.3, 0.4) is 0 Å². The average molecular weight is 450 g/mol. The number of aromatic nitrogens is 2. The molecule has 164 valence electrons. The molecule has 0 saturated heterocycles. The van der Waals surface area contributed by atoms with Crippen molar-refractivity contribution in [3.63, 3.8) is 0 Å². The number of hydrogen-bond donors (Lipinski definition) is 2. The molecule has 7 nitrogen and oxygen atoms in total. The summed E-state index contributed by atoms with van der Waals surface area (Å²) in [7, 11) is 5.09. The van der Waals surface area contributed by atoms with Crippen molar-refractivity contribution in [2.45, 2.75) is 6.42 Å². The lowest BCUT2D eigenvalue weighted by Crippen LogP contribution is -2.41. The van der Waals surface area contributed by atoms with Crippen LogP contribution in [0.5, 0.6) is 5.75 Å². The highest BCUT2D eigenvalue weighted by Gasteiger charge is 2.20. The van der Waals surface area contributed by atoms with Gasteiger partial charge in [0.05, 0.1) is 17.8 Å². The van der Waals surface area contributed by atoms with E-state index in [0.29, 0.717) is 29.4 Å².